The Morgan fingerprint density at radius 3 is 2.15 bits per heavy atom. The molecule has 0 atom stereocenters. The zero-order valence-corrected chi connectivity index (χ0v) is 14.3. The number of ether oxygens (including phenoxy) is 2. The molecule has 3 aromatic rings. The molecule has 5 nitrogen and oxygen atoms in total. The second kappa shape index (κ2) is 8.45. The first-order valence-corrected chi connectivity index (χ1v) is 8.20. The van der Waals surface area contributed by atoms with Gasteiger partial charge in [0, 0.05) is 11.1 Å². The third-order valence-electron chi connectivity index (χ3n) is 3.74. The summed E-state index contributed by atoms with van der Waals surface area (Å²) < 4.78 is 10.5. The SMILES string of the molecule is N#Cc1ccccc1OCC(=O)Oc1ccc(C(=O)c2ccccc2)cc1. The number of nitrogens with zero attached hydrogens (tertiary/aromatic N) is 1. The van der Waals surface area contributed by atoms with Gasteiger partial charge in [0.05, 0.1) is 5.56 Å². The molecule has 0 N–H and O–H groups in total. The maximum Gasteiger partial charge on any atom is 0.349 e. The summed E-state index contributed by atoms with van der Waals surface area (Å²) in [6.45, 7) is -0.330. The Bertz CT molecular complexity index is 989. The topological polar surface area (TPSA) is 76.4 Å². The van der Waals surface area contributed by atoms with Crippen LogP contribution in [-0.4, -0.2) is 18.4 Å². The van der Waals surface area contributed by atoms with E-state index >= 15 is 0 Å². The predicted molar refractivity (Wildman–Crippen MR) is 98.6 cm³/mol. The quantitative estimate of drug-likeness (QED) is 0.381. The molecule has 0 saturated heterocycles. The Kier molecular flexibility index (Phi) is 5.60. The Morgan fingerprint density at radius 1 is 0.815 bits per heavy atom. The van der Waals surface area contributed by atoms with Crippen LogP contribution in [0.4, 0.5) is 0 Å². The second-order valence-electron chi connectivity index (χ2n) is 5.59. The van der Waals surface area contributed by atoms with Crippen molar-refractivity contribution in [2.75, 3.05) is 6.61 Å². The van der Waals surface area contributed by atoms with Crippen molar-refractivity contribution in [2.24, 2.45) is 0 Å². The number of hydrogen-bond donors (Lipinski definition) is 0. The van der Waals surface area contributed by atoms with Crippen molar-refractivity contribution in [3.05, 3.63) is 95.6 Å². The Balaban J connectivity index is 1.59. The molecule has 27 heavy (non-hydrogen) atoms. The molecule has 0 bridgehead atoms. The maximum absolute atomic E-state index is 12.3. The number of carbonyl (C=O) groups is 2. The number of rotatable bonds is 6. The molecule has 0 amide bonds. The van der Waals surface area contributed by atoms with E-state index in [9.17, 15) is 9.59 Å². The van der Waals surface area contributed by atoms with Crippen LogP contribution in [0.25, 0.3) is 0 Å². The summed E-state index contributed by atoms with van der Waals surface area (Å²) in [6.07, 6.45) is 0. The minimum atomic E-state index is -0.607. The van der Waals surface area contributed by atoms with E-state index in [1.165, 1.54) is 0 Å². The van der Waals surface area contributed by atoms with Crippen molar-refractivity contribution in [2.45, 2.75) is 0 Å². The highest BCUT2D eigenvalue weighted by Gasteiger charge is 2.11. The fourth-order valence-corrected chi connectivity index (χ4v) is 2.41. The lowest BCUT2D eigenvalue weighted by atomic mass is 10.0. The van der Waals surface area contributed by atoms with E-state index < -0.39 is 5.97 Å². The van der Waals surface area contributed by atoms with Gasteiger partial charge in [0.1, 0.15) is 17.6 Å². The molecule has 3 rings (SSSR count). The largest absolute Gasteiger partial charge is 0.481 e. The van der Waals surface area contributed by atoms with E-state index in [4.69, 9.17) is 14.7 Å². The van der Waals surface area contributed by atoms with Gasteiger partial charge in [-0.3, -0.25) is 4.79 Å². The van der Waals surface area contributed by atoms with Crippen LogP contribution in [0.5, 0.6) is 11.5 Å². The van der Waals surface area contributed by atoms with Gasteiger partial charge in [0.15, 0.2) is 12.4 Å². The lowest BCUT2D eigenvalue weighted by Crippen LogP contribution is -2.18. The van der Waals surface area contributed by atoms with Gasteiger partial charge in [-0.25, -0.2) is 4.79 Å². The summed E-state index contributed by atoms with van der Waals surface area (Å²) in [7, 11) is 0. The average Bonchev–Trinajstić information content (AvgIpc) is 2.73. The Morgan fingerprint density at radius 2 is 1.44 bits per heavy atom. The summed E-state index contributed by atoms with van der Waals surface area (Å²) in [4.78, 5) is 24.3. The third kappa shape index (κ3) is 4.59. The monoisotopic (exact) mass is 357 g/mol. The normalized spacial score (nSPS) is 9.89. The fourth-order valence-electron chi connectivity index (χ4n) is 2.41. The van der Waals surface area contributed by atoms with Crippen LogP contribution in [0.3, 0.4) is 0 Å². The van der Waals surface area contributed by atoms with Crippen LogP contribution < -0.4 is 9.47 Å². The number of carbonyl (C=O) groups excluding carboxylic acids is 2. The average molecular weight is 357 g/mol. The van der Waals surface area contributed by atoms with Crippen molar-refractivity contribution in [1.29, 1.82) is 5.26 Å². The van der Waals surface area contributed by atoms with Gasteiger partial charge in [-0.05, 0) is 36.4 Å². The van der Waals surface area contributed by atoms with Crippen molar-refractivity contribution >= 4 is 11.8 Å². The number of benzene rings is 3. The van der Waals surface area contributed by atoms with Gasteiger partial charge in [0.25, 0.3) is 0 Å². The van der Waals surface area contributed by atoms with Crippen LogP contribution >= 0.6 is 0 Å². The molecule has 0 heterocycles. The standard InChI is InChI=1S/C22H15NO4/c23-14-18-8-4-5-9-20(18)26-15-21(24)27-19-12-10-17(11-13-19)22(25)16-6-2-1-3-7-16/h1-13H,15H2. The molecule has 0 aromatic heterocycles. The van der Waals surface area contributed by atoms with Gasteiger partial charge in [-0.1, -0.05) is 42.5 Å². The fraction of sp³-hybridized carbons (Fsp3) is 0.0455. The van der Waals surface area contributed by atoms with Crippen molar-refractivity contribution in [3.63, 3.8) is 0 Å². The van der Waals surface area contributed by atoms with Gasteiger partial charge in [-0.15, -0.1) is 0 Å². The van der Waals surface area contributed by atoms with Crippen LogP contribution in [0.15, 0.2) is 78.9 Å². The third-order valence-corrected chi connectivity index (χ3v) is 3.74. The molecule has 0 radical (unpaired) electrons. The smallest absolute Gasteiger partial charge is 0.349 e. The Labute approximate surface area is 156 Å². The van der Waals surface area contributed by atoms with E-state index in [1.54, 1.807) is 72.8 Å². The zero-order valence-electron chi connectivity index (χ0n) is 14.3. The zero-order chi connectivity index (χ0) is 19.1. The molecule has 0 spiro atoms. The first-order chi connectivity index (χ1) is 13.2. The maximum atomic E-state index is 12.3. The highest BCUT2D eigenvalue weighted by atomic mass is 16.6. The summed E-state index contributed by atoms with van der Waals surface area (Å²) in [5, 5.41) is 9.00. The van der Waals surface area contributed by atoms with Crippen molar-refractivity contribution in [3.8, 4) is 17.6 Å². The van der Waals surface area contributed by atoms with Crippen LogP contribution in [0.2, 0.25) is 0 Å². The van der Waals surface area contributed by atoms with E-state index in [-0.39, 0.29) is 12.4 Å². The summed E-state index contributed by atoms with van der Waals surface area (Å²) in [5.74, 6) is -0.0858. The summed E-state index contributed by atoms with van der Waals surface area (Å²) >= 11 is 0. The van der Waals surface area contributed by atoms with Gasteiger partial charge in [-0.2, -0.15) is 5.26 Å². The van der Waals surface area contributed by atoms with Crippen LogP contribution in [0.1, 0.15) is 21.5 Å². The first-order valence-electron chi connectivity index (χ1n) is 8.20. The number of para-hydroxylation sites is 1. The van der Waals surface area contributed by atoms with E-state index in [0.717, 1.165) is 0 Å². The molecule has 5 heteroatoms. The molecule has 0 saturated carbocycles. The molecule has 0 aliphatic heterocycles. The van der Waals surface area contributed by atoms with Crippen molar-refractivity contribution < 1.29 is 19.1 Å². The minimum Gasteiger partial charge on any atom is -0.481 e. The molecular formula is C22H15NO4. The Hall–Kier alpha value is -3.91. The number of nitriles is 1. The predicted octanol–water partition coefficient (Wildman–Crippen LogP) is 3.77. The van der Waals surface area contributed by atoms with Gasteiger partial charge in [0.2, 0.25) is 0 Å². The first kappa shape index (κ1) is 17.9. The van der Waals surface area contributed by atoms with Crippen molar-refractivity contribution in [1.82, 2.24) is 0 Å². The lowest BCUT2D eigenvalue weighted by Gasteiger charge is -2.08. The molecule has 0 aliphatic carbocycles. The molecule has 132 valence electrons. The molecule has 0 aliphatic rings. The highest BCUT2D eigenvalue weighted by Crippen LogP contribution is 2.18. The van der Waals surface area contributed by atoms with Gasteiger partial charge >= 0.3 is 5.97 Å². The number of hydrogen-bond acceptors (Lipinski definition) is 5. The van der Waals surface area contributed by atoms with Crippen LogP contribution in [-0.2, 0) is 4.79 Å². The van der Waals surface area contributed by atoms with Crippen LogP contribution in [0, 0.1) is 11.3 Å². The lowest BCUT2D eigenvalue weighted by molar-refractivity contribution is -0.136. The molecule has 3 aromatic carbocycles. The summed E-state index contributed by atoms with van der Waals surface area (Å²) in [5.41, 5.74) is 1.43. The van der Waals surface area contributed by atoms with E-state index in [1.807, 2.05) is 12.1 Å². The van der Waals surface area contributed by atoms with E-state index in [0.29, 0.717) is 28.2 Å². The summed E-state index contributed by atoms with van der Waals surface area (Å²) in [6, 6.07) is 23.9. The number of ketones is 1. The molecule has 0 unspecified atom stereocenters. The highest BCUT2D eigenvalue weighted by molar-refractivity contribution is 6.09. The van der Waals surface area contributed by atoms with E-state index in [2.05, 4.69) is 0 Å². The molecule has 0 fully saturated rings. The van der Waals surface area contributed by atoms with Gasteiger partial charge < -0.3 is 9.47 Å². The second-order valence-corrected chi connectivity index (χ2v) is 5.59. The minimum absolute atomic E-state index is 0.107. The molecular weight excluding hydrogens is 342 g/mol. The number of esters is 1.